The molecule has 66 heavy (non-hydrogen) atoms. The van der Waals surface area contributed by atoms with Crippen LogP contribution in [0.4, 0.5) is 17.1 Å². The third-order valence-electron chi connectivity index (χ3n) is 14.4. The van der Waals surface area contributed by atoms with Gasteiger partial charge in [-0.1, -0.05) is 190 Å². The zero-order chi connectivity index (χ0) is 48.3. The van der Waals surface area contributed by atoms with Crippen LogP contribution in [0.2, 0.25) is 0 Å². The van der Waals surface area contributed by atoms with Crippen molar-refractivity contribution in [1.82, 2.24) is 4.57 Å². The number of anilines is 3. The van der Waals surface area contributed by atoms with Crippen LogP contribution in [0.15, 0.2) is 243 Å². The van der Waals surface area contributed by atoms with E-state index in [0.717, 1.165) is 44.6 Å². The number of hydrogen-bond acceptors (Lipinski definition) is 1. The average molecular weight is 848 g/mol. The first-order chi connectivity index (χ1) is 34.6. The highest BCUT2D eigenvalue weighted by Crippen LogP contribution is 2.57. The van der Waals surface area contributed by atoms with E-state index in [1.165, 1.54) is 55.6 Å². The maximum Gasteiger partial charge on any atom is 0.0713 e. The van der Waals surface area contributed by atoms with Gasteiger partial charge in [0.25, 0.3) is 0 Å². The quantitative estimate of drug-likeness (QED) is 0.155. The van der Waals surface area contributed by atoms with Crippen molar-refractivity contribution in [1.29, 1.82) is 0 Å². The minimum absolute atomic E-state index is 0.179. The summed E-state index contributed by atoms with van der Waals surface area (Å²) in [4.78, 5) is 2.29. The smallest absolute Gasteiger partial charge is 0.0713 e. The summed E-state index contributed by atoms with van der Waals surface area (Å²) in [7, 11) is 0. The van der Waals surface area contributed by atoms with Crippen LogP contribution in [0, 0.1) is 0 Å². The highest BCUT2D eigenvalue weighted by Gasteiger charge is 2.46. The second-order valence-corrected chi connectivity index (χ2v) is 18.1. The Kier molecular flexibility index (Phi) is 7.41. The van der Waals surface area contributed by atoms with Crippen molar-refractivity contribution >= 4 is 38.9 Å². The highest BCUT2D eigenvalue weighted by atomic mass is 15.1. The second-order valence-electron chi connectivity index (χ2n) is 18.1. The number of nitrogens with zero attached hydrogens (tertiary/aromatic N) is 2. The Labute approximate surface area is 393 Å². The molecule has 0 unspecified atom stereocenters. The Balaban J connectivity index is 1.06. The second kappa shape index (κ2) is 14.7. The molecule has 0 saturated heterocycles. The molecular weight excluding hydrogens is 797 g/mol. The molecule has 2 heteroatoms. The number of para-hydroxylation sites is 1. The van der Waals surface area contributed by atoms with E-state index in [9.17, 15) is 0 Å². The van der Waals surface area contributed by atoms with Gasteiger partial charge in [-0.3, -0.25) is 0 Å². The standard InChI is InChI=1S/C64H46N2/c1-63(2)57-27-15-12-24-51(57)54-37-35-50(42-60(54)63)65(48-33-30-44(31-34-48)43-18-6-3-7-19-43)49-36-39-62-56(41-49)55-40-46(32-38-61(55)66(62)47-22-10-5-11-23-47)64(45-20-8-4-9-21-45)58-28-16-13-25-52(58)53-26-14-17-29-59(53)64/h3-42H,1-2H3/i3D,6D,7D,18D,19D. The van der Waals surface area contributed by atoms with E-state index in [0.29, 0.717) is 5.56 Å². The van der Waals surface area contributed by atoms with Crippen LogP contribution in [0.25, 0.3) is 60.9 Å². The van der Waals surface area contributed by atoms with Crippen LogP contribution in [-0.4, -0.2) is 4.57 Å². The van der Waals surface area contributed by atoms with Gasteiger partial charge in [0.15, 0.2) is 0 Å². The Morgan fingerprint density at radius 3 is 1.59 bits per heavy atom. The number of fused-ring (bicyclic) bond motifs is 9. The Morgan fingerprint density at radius 1 is 0.394 bits per heavy atom. The normalized spacial score (nSPS) is 14.9. The molecule has 1 aromatic heterocycles. The minimum atomic E-state index is -0.579. The number of hydrogen-bond donors (Lipinski definition) is 0. The molecule has 0 spiro atoms. The fraction of sp³-hybridized carbons (Fsp3) is 0.0625. The molecule has 2 aliphatic carbocycles. The predicted octanol–water partition coefficient (Wildman–Crippen LogP) is 16.6. The molecule has 0 N–H and O–H groups in total. The average Bonchev–Trinajstić information content (AvgIpc) is 3.99. The fourth-order valence-corrected chi connectivity index (χ4v) is 11.4. The van der Waals surface area contributed by atoms with Gasteiger partial charge < -0.3 is 9.47 Å². The molecule has 0 bridgehead atoms. The monoisotopic (exact) mass is 847 g/mol. The third-order valence-corrected chi connectivity index (χ3v) is 14.4. The van der Waals surface area contributed by atoms with Crippen LogP contribution < -0.4 is 4.90 Å². The van der Waals surface area contributed by atoms with Crippen molar-refractivity contribution < 1.29 is 6.85 Å². The maximum atomic E-state index is 8.77. The third kappa shape index (κ3) is 5.55. The Bertz CT molecular complexity index is 3890. The lowest BCUT2D eigenvalue weighted by Gasteiger charge is -2.34. The number of benzene rings is 10. The summed E-state index contributed by atoms with van der Waals surface area (Å²) >= 11 is 0. The van der Waals surface area contributed by atoms with E-state index in [1.54, 1.807) is 0 Å². The molecule has 0 fully saturated rings. The molecule has 1 heterocycles. The summed E-state index contributed by atoms with van der Waals surface area (Å²) in [5, 5.41) is 2.23. The molecule has 11 aromatic rings. The molecule has 0 aliphatic heterocycles. The SMILES string of the molecule is [2H]c1c([2H])c([2H])c(-c2ccc(N(c3ccc4c(c3)C(C)(C)c3ccccc3-4)c3ccc4c(c3)c3cc(C5(c6ccccc6)c6ccccc6-c6ccccc65)ccc3n4-c3ccccc3)cc2)c([2H])c1[2H]. The van der Waals surface area contributed by atoms with Crippen LogP contribution >= 0.6 is 0 Å². The van der Waals surface area contributed by atoms with E-state index < -0.39 is 11.5 Å². The summed E-state index contributed by atoms with van der Waals surface area (Å²) in [6, 6.07) is 74.7. The van der Waals surface area contributed by atoms with E-state index in [2.05, 4.69) is 211 Å². The van der Waals surface area contributed by atoms with Crippen molar-refractivity contribution in [2.24, 2.45) is 0 Å². The molecule has 0 saturated carbocycles. The van der Waals surface area contributed by atoms with Crippen molar-refractivity contribution in [3.05, 3.63) is 276 Å². The Hall–Kier alpha value is -8.20. The lowest BCUT2D eigenvalue weighted by molar-refractivity contribution is 0.660. The van der Waals surface area contributed by atoms with Gasteiger partial charge in [-0.05, 0) is 133 Å². The summed E-state index contributed by atoms with van der Waals surface area (Å²) in [5.74, 6) is 0. The molecule has 10 aromatic carbocycles. The summed E-state index contributed by atoms with van der Waals surface area (Å²) in [6.45, 7) is 4.60. The van der Waals surface area contributed by atoms with Gasteiger partial charge in [-0.2, -0.15) is 0 Å². The molecule has 2 nitrogen and oxygen atoms in total. The van der Waals surface area contributed by atoms with Crippen LogP contribution in [-0.2, 0) is 10.8 Å². The molecule has 13 rings (SSSR count). The van der Waals surface area contributed by atoms with Gasteiger partial charge in [0.05, 0.1) is 23.3 Å². The van der Waals surface area contributed by atoms with Gasteiger partial charge in [-0.15, -0.1) is 0 Å². The lowest BCUT2D eigenvalue weighted by Crippen LogP contribution is -2.28. The molecule has 312 valence electrons. The molecule has 0 radical (unpaired) electrons. The highest BCUT2D eigenvalue weighted by molar-refractivity contribution is 6.11. The Morgan fingerprint density at radius 2 is 0.909 bits per heavy atom. The minimum Gasteiger partial charge on any atom is -0.310 e. The summed E-state index contributed by atoms with van der Waals surface area (Å²) < 4.78 is 44.9. The molecule has 0 amide bonds. The molecular formula is C64H46N2. The number of rotatable bonds is 7. The van der Waals surface area contributed by atoms with Crippen molar-refractivity contribution in [3.8, 4) is 39.1 Å². The van der Waals surface area contributed by atoms with Gasteiger partial charge in [-0.25, -0.2) is 0 Å². The first kappa shape index (κ1) is 33.3. The van der Waals surface area contributed by atoms with Gasteiger partial charge in [0, 0.05) is 38.9 Å². The van der Waals surface area contributed by atoms with E-state index in [4.69, 9.17) is 6.85 Å². The van der Waals surface area contributed by atoms with Gasteiger partial charge in [0.2, 0.25) is 0 Å². The first-order valence-electron chi connectivity index (χ1n) is 25.2. The van der Waals surface area contributed by atoms with Crippen LogP contribution in [0.5, 0.6) is 0 Å². The van der Waals surface area contributed by atoms with Gasteiger partial charge >= 0.3 is 0 Å². The van der Waals surface area contributed by atoms with Gasteiger partial charge in [0.1, 0.15) is 0 Å². The van der Waals surface area contributed by atoms with E-state index in [1.807, 2.05) is 24.3 Å². The van der Waals surface area contributed by atoms with Crippen molar-refractivity contribution in [3.63, 3.8) is 0 Å². The zero-order valence-electron chi connectivity index (χ0n) is 41.6. The first-order valence-corrected chi connectivity index (χ1v) is 22.7. The van der Waals surface area contributed by atoms with Crippen molar-refractivity contribution in [2.45, 2.75) is 24.7 Å². The van der Waals surface area contributed by atoms with E-state index in [-0.39, 0.29) is 35.1 Å². The largest absolute Gasteiger partial charge is 0.310 e. The molecule has 2 aliphatic rings. The van der Waals surface area contributed by atoms with Crippen LogP contribution in [0.1, 0.15) is 54.1 Å². The topological polar surface area (TPSA) is 8.17 Å². The summed E-state index contributed by atoms with van der Waals surface area (Å²) in [6.07, 6.45) is 0. The number of aromatic nitrogens is 1. The predicted molar refractivity (Wildman–Crippen MR) is 276 cm³/mol. The lowest BCUT2D eigenvalue weighted by atomic mass is 9.67. The summed E-state index contributed by atoms with van der Waals surface area (Å²) in [5.41, 5.74) is 18.4. The fourth-order valence-electron chi connectivity index (χ4n) is 11.4. The zero-order valence-corrected chi connectivity index (χ0v) is 36.6. The van der Waals surface area contributed by atoms with Crippen LogP contribution in [0.3, 0.4) is 0 Å². The molecule has 0 atom stereocenters. The van der Waals surface area contributed by atoms with E-state index >= 15 is 0 Å². The maximum absolute atomic E-state index is 8.77. The van der Waals surface area contributed by atoms with Crippen molar-refractivity contribution in [2.75, 3.05) is 4.90 Å².